The van der Waals surface area contributed by atoms with E-state index in [1.165, 1.54) is 0 Å². The molecule has 5 nitrogen and oxygen atoms in total. The van der Waals surface area contributed by atoms with Crippen molar-refractivity contribution in [1.29, 1.82) is 0 Å². The van der Waals surface area contributed by atoms with Crippen LogP contribution < -0.4 is 0 Å². The Morgan fingerprint density at radius 1 is 0.714 bits per heavy atom. The molecule has 0 aliphatic heterocycles. The van der Waals surface area contributed by atoms with Gasteiger partial charge in [0.25, 0.3) is 0 Å². The van der Waals surface area contributed by atoms with Gasteiger partial charge in [-0.15, -0.1) is 10.2 Å². The molecule has 0 aliphatic carbocycles. The van der Waals surface area contributed by atoms with Crippen molar-refractivity contribution >= 4 is 5.65 Å². The van der Waals surface area contributed by atoms with E-state index in [0.29, 0.717) is 5.82 Å². The molecule has 4 aromatic rings. The first-order valence-corrected chi connectivity index (χ1v) is 6.59. The summed E-state index contributed by atoms with van der Waals surface area (Å²) in [7, 11) is 0. The first-order valence-electron chi connectivity index (χ1n) is 6.59. The SMILES string of the molecule is c1ccc(-c2nnc3ccc(-c4ncccn4)cn23)cc1. The average Bonchev–Trinajstić information content (AvgIpc) is 2.99. The Hall–Kier alpha value is -3.08. The van der Waals surface area contributed by atoms with Crippen LogP contribution in [0.25, 0.3) is 28.4 Å². The van der Waals surface area contributed by atoms with Crippen LogP contribution in [0.2, 0.25) is 0 Å². The van der Waals surface area contributed by atoms with Crippen molar-refractivity contribution in [2.45, 2.75) is 0 Å². The smallest absolute Gasteiger partial charge is 0.168 e. The lowest BCUT2D eigenvalue weighted by Crippen LogP contribution is -1.93. The molecule has 3 heterocycles. The van der Waals surface area contributed by atoms with Crippen LogP contribution >= 0.6 is 0 Å². The average molecular weight is 273 g/mol. The second-order valence-electron chi connectivity index (χ2n) is 4.61. The zero-order valence-corrected chi connectivity index (χ0v) is 11.1. The highest BCUT2D eigenvalue weighted by Gasteiger charge is 2.09. The molecule has 0 radical (unpaired) electrons. The summed E-state index contributed by atoms with van der Waals surface area (Å²) in [6, 6.07) is 15.7. The lowest BCUT2D eigenvalue weighted by Gasteiger charge is -2.03. The van der Waals surface area contributed by atoms with Gasteiger partial charge in [0.05, 0.1) is 0 Å². The third-order valence-electron chi connectivity index (χ3n) is 3.26. The van der Waals surface area contributed by atoms with Crippen molar-refractivity contribution in [1.82, 2.24) is 24.6 Å². The number of rotatable bonds is 2. The van der Waals surface area contributed by atoms with Crippen LogP contribution in [0.4, 0.5) is 0 Å². The van der Waals surface area contributed by atoms with E-state index < -0.39 is 0 Å². The van der Waals surface area contributed by atoms with E-state index in [4.69, 9.17) is 0 Å². The molecule has 0 aliphatic rings. The van der Waals surface area contributed by atoms with Crippen LogP contribution in [0.1, 0.15) is 0 Å². The monoisotopic (exact) mass is 273 g/mol. The van der Waals surface area contributed by atoms with E-state index in [2.05, 4.69) is 20.2 Å². The molecule has 0 unspecified atom stereocenters. The number of fused-ring (bicyclic) bond motifs is 1. The Balaban J connectivity index is 1.91. The standard InChI is InChI=1S/C16H11N5/c1-2-5-12(6-3-1)16-20-19-14-8-7-13(11-21(14)16)15-17-9-4-10-18-15/h1-11H. The summed E-state index contributed by atoms with van der Waals surface area (Å²) in [5, 5.41) is 8.47. The van der Waals surface area contributed by atoms with Crippen molar-refractivity contribution in [3.8, 4) is 22.8 Å². The molecule has 0 fully saturated rings. The van der Waals surface area contributed by atoms with Crippen LogP contribution in [0.3, 0.4) is 0 Å². The molecule has 5 heteroatoms. The van der Waals surface area contributed by atoms with Gasteiger partial charge in [-0.05, 0) is 18.2 Å². The van der Waals surface area contributed by atoms with Crippen LogP contribution in [-0.2, 0) is 0 Å². The summed E-state index contributed by atoms with van der Waals surface area (Å²) in [4.78, 5) is 8.55. The number of hydrogen-bond acceptors (Lipinski definition) is 4. The van der Waals surface area contributed by atoms with Crippen molar-refractivity contribution in [2.75, 3.05) is 0 Å². The largest absolute Gasteiger partial charge is 0.282 e. The first-order chi connectivity index (χ1) is 10.4. The maximum absolute atomic E-state index is 4.28. The van der Waals surface area contributed by atoms with E-state index >= 15 is 0 Å². The van der Waals surface area contributed by atoms with Gasteiger partial charge in [-0.1, -0.05) is 30.3 Å². The van der Waals surface area contributed by atoms with E-state index in [9.17, 15) is 0 Å². The molecule has 21 heavy (non-hydrogen) atoms. The summed E-state index contributed by atoms with van der Waals surface area (Å²) in [6.07, 6.45) is 5.43. The van der Waals surface area contributed by atoms with E-state index in [1.807, 2.05) is 53.1 Å². The van der Waals surface area contributed by atoms with Gasteiger partial charge in [-0.2, -0.15) is 0 Å². The summed E-state index contributed by atoms with van der Waals surface area (Å²) < 4.78 is 1.96. The Morgan fingerprint density at radius 2 is 1.52 bits per heavy atom. The quantitative estimate of drug-likeness (QED) is 0.563. The number of benzene rings is 1. The summed E-state index contributed by atoms with van der Waals surface area (Å²) in [5.74, 6) is 1.50. The van der Waals surface area contributed by atoms with Crippen molar-refractivity contribution in [3.05, 3.63) is 67.1 Å². The van der Waals surface area contributed by atoms with Gasteiger partial charge < -0.3 is 0 Å². The third kappa shape index (κ3) is 2.04. The van der Waals surface area contributed by atoms with Gasteiger partial charge >= 0.3 is 0 Å². The number of aromatic nitrogens is 5. The second kappa shape index (κ2) is 4.79. The molecule has 100 valence electrons. The maximum atomic E-state index is 4.28. The van der Waals surface area contributed by atoms with Gasteiger partial charge in [0.2, 0.25) is 0 Å². The normalized spacial score (nSPS) is 10.9. The number of hydrogen-bond donors (Lipinski definition) is 0. The Kier molecular flexibility index (Phi) is 2.67. The van der Waals surface area contributed by atoms with Crippen LogP contribution in [0.15, 0.2) is 67.1 Å². The van der Waals surface area contributed by atoms with E-state index in [0.717, 1.165) is 22.6 Å². The van der Waals surface area contributed by atoms with Crippen LogP contribution in [-0.4, -0.2) is 24.6 Å². The zero-order chi connectivity index (χ0) is 14.1. The van der Waals surface area contributed by atoms with Gasteiger partial charge in [0.1, 0.15) is 0 Å². The van der Waals surface area contributed by atoms with Crippen LogP contribution in [0, 0.1) is 0 Å². The minimum absolute atomic E-state index is 0.687. The summed E-state index contributed by atoms with van der Waals surface area (Å²) in [5.41, 5.74) is 2.75. The highest BCUT2D eigenvalue weighted by atomic mass is 15.2. The fraction of sp³-hybridized carbons (Fsp3) is 0. The van der Waals surface area contributed by atoms with Crippen molar-refractivity contribution in [3.63, 3.8) is 0 Å². The predicted molar refractivity (Wildman–Crippen MR) is 79.4 cm³/mol. The predicted octanol–water partition coefficient (Wildman–Crippen LogP) is 2.85. The Labute approximate surface area is 121 Å². The lowest BCUT2D eigenvalue weighted by atomic mass is 10.2. The molecule has 0 saturated heterocycles. The van der Waals surface area contributed by atoms with E-state index in [1.54, 1.807) is 18.5 Å². The molecule has 0 atom stereocenters. The van der Waals surface area contributed by atoms with Gasteiger partial charge in [-0.3, -0.25) is 4.40 Å². The topological polar surface area (TPSA) is 56.0 Å². The van der Waals surface area contributed by atoms with Gasteiger partial charge in [0, 0.05) is 29.7 Å². The summed E-state index contributed by atoms with van der Waals surface area (Å²) in [6.45, 7) is 0. The molecule has 4 rings (SSSR count). The highest BCUT2D eigenvalue weighted by molar-refractivity contribution is 5.63. The molecule has 0 amide bonds. The molecule has 0 bridgehead atoms. The van der Waals surface area contributed by atoms with E-state index in [-0.39, 0.29) is 0 Å². The highest BCUT2D eigenvalue weighted by Crippen LogP contribution is 2.21. The minimum Gasteiger partial charge on any atom is -0.282 e. The fourth-order valence-electron chi connectivity index (χ4n) is 2.26. The molecule has 0 saturated carbocycles. The third-order valence-corrected chi connectivity index (χ3v) is 3.26. The van der Waals surface area contributed by atoms with Gasteiger partial charge in [-0.25, -0.2) is 9.97 Å². The molecule has 3 aromatic heterocycles. The molecular weight excluding hydrogens is 262 g/mol. The zero-order valence-electron chi connectivity index (χ0n) is 11.1. The fourth-order valence-corrected chi connectivity index (χ4v) is 2.26. The molecule has 1 aromatic carbocycles. The maximum Gasteiger partial charge on any atom is 0.168 e. The van der Waals surface area contributed by atoms with Gasteiger partial charge in [0.15, 0.2) is 17.3 Å². The molecule has 0 spiro atoms. The Morgan fingerprint density at radius 3 is 2.33 bits per heavy atom. The van der Waals surface area contributed by atoms with Crippen molar-refractivity contribution in [2.24, 2.45) is 0 Å². The molecule has 0 N–H and O–H groups in total. The summed E-state index contributed by atoms with van der Waals surface area (Å²) >= 11 is 0. The van der Waals surface area contributed by atoms with Crippen LogP contribution in [0.5, 0.6) is 0 Å². The second-order valence-corrected chi connectivity index (χ2v) is 4.61. The first kappa shape index (κ1) is 11.7. The number of pyridine rings is 1. The lowest BCUT2D eigenvalue weighted by molar-refractivity contribution is 1.11. The number of nitrogens with zero attached hydrogens (tertiary/aromatic N) is 5. The molecular formula is C16H11N5. The Bertz CT molecular complexity index is 884. The minimum atomic E-state index is 0.687. The van der Waals surface area contributed by atoms with Crippen molar-refractivity contribution < 1.29 is 0 Å².